The Kier molecular flexibility index (Phi) is 5.17. The van der Waals surface area contributed by atoms with Gasteiger partial charge in [0.25, 0.3) is 0 Å². The van der Waals surface area contributed by atoms with E-state index in [1.807, 2.05) is 11.8 Å². The number of anilines is 2. The lowest BCUT2D eigenvalue weighted by Gasteiger charge is -2.22. The van der Waals surface area contributed by atoms with E-state index in [0.717, 1.165) is 12.2 Å². The van der Waals surface area contributed by atoms with E-state index in [-0.39, 0.29) is 10.6 Å². The SMILES string of the molecule is CNS(=O)(=O)c1ccc(NCC2CCCCS2)cc1N. The van der Waals surface area contributed by atoms with Gasteiger partial charge in [0, 0.05) is 17.5 Å². The lowest BCUT2D eigenvalue weighted by molar-refractivity contribution is 0.588. The standard InChI is InChI=1S/C13H21N3O2S2/c1-15-20(17,18)13-6-5-10(8-12(13)14)16-9-11-4-2-3-7-19-11/h5-6,8,11,15-16H,2-4,7,9,14H2,1H3. The Hall–Kier alpha value is -0.920. The van der Waals surface area contributed by atoms with E-state index in [1.54, 1.807) is 12.1 Å². The molecule has 1 aliphatic heterocycles. The number of nitrogen functional groups attached to an aromatic ring is 1. The van der Waals surface area contributed by atoms with Gasteiger partial charge >= 0.3 is 0 Å². The zero-order chi connectivity index (χ0) is 14.6. The second-order valence-electron chi connectivity index (χ2n) is 4.83. The van der Waals surface area contributed by atoms with Crippen LogP contribution in [0.15, 0.2) is 23.1 Å². The van der Waals surface area contributed by atoms with Crippen LogP contribution in [0.1, 0.15) is 19.3 Å². The molecule has 5 nitrogen and oxygen atoms in total. The average molecular weight is 315 g/mol. The fourth-order valence-corrected chi connectivity index (χ4v) is 4.29. The molecule has 0 saturated carbocycles. The molecule has 1 saturated heterocycles. The van der Waals surface area contributed by atoms with E-state index in [2.05, 4.69) is 10.0 Å². The van der Waals surface area contributed by atoms with Crippen LogP contribution in [0, 0.1) is 0 Å². The highest BCUT2D eigenvalue weighted by atomic mass is 32.2. The van der Waals surface area contributed by atoms with Gasteiger partial charge in [0.1, 0.15) is 4.90 Å². The molecular weight excluding hydrogens is 294 g/mol. The van der Waals surface area contributed by atoms with Gasteiger partial charge in [-0.1, -0.05) is 6.42 Å². The summed E-state index contributed by atoms with van der Waals surface area (Å²) in [5.74, 6) is 1.23. The fraction of sp³-hybridized carbons (Fsp3) is 0.538. The molecular formula is C13H21N3O2S2. The number of rotatable bonds is 5. The van der Waals surface area contributed by atoms with Crippen LogP contribution in [0.25, 0.3) is 0 Å². The van der Waals surface area contributed by atoms with Crippen molar-refractivity contribution in [3.05, 3.63) is 18.2 Å². The highest BCUT2D eigenvalue weighted by Gasteiger charge is 2.16. The molecule has 0 aliphatic carbocycles. The first-order chi connectivity index (χ1) is 9.53. The highest BCUT2D eigenvalue weighted by molar-refractivity contribution is 8.00. The zero-order valence-electron chi connectivity index (χ0n) is 11.6. The van der Waals surface area contributed by atoms with Gasteiger partial charge in [-0.3, -0.25) is 0 Å². The second-order valence-corrected chi connectivity index (χ2v) is 8.09. The number of nitrogens with two attached hydrogens (primary N) is 1. The van der Waals surface area contributed by atoms with Crippen molar-refractivity contribution in [2.45, 2.75) is 29.4 Å². The topological polar surface area (TPSA) is 84.2 Å². The molecule has 20 heavy (non-hydrogen) atoms. The van der Waals surface area contributed by atoms with Crippen molar-refractivity contribution in [1.29, 1.82) is 0 Å². The molecule has 1 fully saturated rings. The number of benzene rings is 1. The Balaban J connectivity index is 2.02. The Bertz CT molecular complexity index is 555. The Morgan fingerprint density at radius 2 is 2.20 bits per heavy atom. The summed E-state index contributed by atoms with van der Waals surface area (Å²) >= 11 is 2.00. The summed E-state index contributed by atoms with van der Waals surface area (Å²) < 4.78 is 25.7. The van der Waals surface area contributed by atoms with Crippen molar-refractivity contribution in [1.82, 2.24) is 4.72 Å². The molecule has 2 rings (SSSR count). The van der Waals surface area contributed by atoms with E-state index in [0.29, 0.717) is 5.25 Å². The lowest BCUT2D eigenvalue weighted by Crippen LogP contribution is -2.21. The second kappa shape index (κ2) is 6.69. The third-order valence-corrected chi connectivity index (χ3v) is 6.26. The maximum Gasteiger partial charge on any atom is 0.242 e. The lowest BCUT2D eigenvalue weighted by atomic mass is 10.2. The van der Waals surface area contributed by atoms with E-state index >= 15 is 0 Å². The van der Waals surface area contributed by atoms with Gasteiger partial charge in [0.15, 0.2) is 0 Å². The van der Waals surface area contributed by atoms with Crippen LogP contribution in [0.2, 0.25) is 0 Å². The zero-order valence-corrected chi connectivity index (χ0v) is 13.2. The molecule has 1 unspecified atom stereocenters. The minimum atomic E-state index is -3.49. The predicted molar refractivity (Wildman–Crippen MR) is 85.7 cm³/mol. The largest absolute Gasteiger partial charge is 0.398 e. The van der Waals surface area contributed by atoms with E-state index < -0.39 is 10.0 Å². The van der Waals surface area contributed by atoms with E-state index in [4.69, 9.17) is 5.73 Å². The maximum atomic E-state index is 11.7. The van der Waals surface area contributed by atoms with Gasteiger partial charge in [-0.2, -0.15) is 11.8 Å². The minimum Gasteiger partial charge on any atom is -0.398 e. The van der Waals surface area contributed by atoms with Gasteiger partial charge in [0.2, 0.25) is 10.0 Å². The van der Waals surface area contributed by atoms with Crippen LogP contribution in [-0.2, 0) is 10.0 Å². The van der Waals surface area contributed by atoms with Crippen LogP contribution in [0.3, 0.4) is 0 Å². The number of hydrogen-bond donors (Lipinski definition) is 3. The molecule has 0 spiro atoms. The van der Waals surface area contributed by atoms with E-state index in [1.165, 1.54) is 38.1 Å². The quantitative estimate of drug-likeness (QED) is 0.723. The summed E-state index contributed by atoms with van der Waals surface area (Å²) in [6.45, 7) is 0.891. The van der Waals surface area contributed by atoms with Crippen LogP contribution >= 0.6 is 11.8 Å². The predicted octanol–water partition coefficient (Wildman–Crippen LogP) is 1.87. The molecule has 1 aliphatic rings. The molecule has 1 heterocycles. The summed E-state index contributed by atoms with van der Waals surface area (Å²) in [4.78, 5) is 0.123. The van der Waals surface area contributed by atoms with E-state index in [9.17, 15) is 8.42 Å². The third-order valence-electron chi connectivity index (χ3n) is 3.38. The molecule has 1 atom stereocenters. The molecule has 0 aromatic heterocycles. The maximum absolute atomic E-state index is 11.7. The summed E-state index contributed by atoms with van der Waals surface area (Å²) in [6, 6.07) is 4.98. The average Bonchev–Trinajstić information content (AvgIpc) is 2.46. The number of sulfonamides is 1. The van der Waals surface area contributed by atoms with Crippen LogP contribution < -0.4 is 15.8 Å². The molecule has 0 radical (unpaired) electrons. The summed E-state index contributed by atoms with van der Waals surface area (Å²) in [5.41, 5.74) is 6.96. The molecule has 7 heteroatoms. The Labute approximate surface area is 124 Å². The normalized spacial score (nSPS) is 19.8. The first kappa shape index (κ1) is 15.5. The molecule has 4 N–H and O–H groups in total. The number of hydrogen-bond acceptors (Lipinski definition) is 5. The third kappa shape index (κ3) is 3.80. The van der Waals surface area contributed by atoms with Crippen LogP contribution in [-0.4, -0.2) is 33.0 Å². The molecule has 1 aromatic carbocycles. The van der Waals surface area contributed by atoms with Gasteiger partial charge < -0.3 is 11.1 Å². The first-order valence-electron chi connectivity index (χ1n) is 6.71. The van der Waals surface area contributed by atoms with Crippen molar-refractivity contribution in [2.24, 2.45) is 0 Å². The Morgan fingerprint density at radius 3 is 2.80 bits per heavy atom. The highest BCUT2D eigenvalue weighted by Crippen LogP contribution is 2.26. The monoisotopic (exact) mass is 315 g/mol. The minimum absolute atomic E-state index is 0.123. The van der Waals surface area contributed by atoms with Crippen molar-refractivity contribution in [3.8, 4) is 0 Å². The molecule has 112 valence electrons. The number of thioether (sulfide) groups is 1. The fourth-order valence-electron chi connectivity index (χ4n) is 2.21. The first-order valence-corrected chi connectivity index (χ1v) is 9.24. The molecule has 0 bridgehead atoms. The van der Waals surface area contributed by atoms with Crippen LogP contribution in [0.4, 0.5) is 11.4 Å². The summed E-state index contributed by atoms with van der Waals surface area (Å²) in [6.07, 6.45) is 3.84. The Morgan fingerprint density at radius 1 is 1.40 bits per heavy atom. The van der Waals surface area contributed by atoms with Gasteiger partial charge in [-0.05, 0) is 43.8 Å². The summed E-state index contributed by atoms with van der Waals surface area (Å²) in [7, 11) is -2.11. The smallest absolute Gasteiger partial charge is 0.242 e. The van der Waals surface area contributed by atoms with Crippen LogP contribution in [0.5, 0.6) is 0 Å². The van der Waals surface area contributed by atoms with Gasteiger partial charge in [0.05, 0.1) is 5.69 Å². The van der Waals surface area contributed by atoms with Crippen molar-refractivity contribution < 1.29 is 8.42 Å². The summed E-state index contributed by atoms with van der Waals surface area (Å²) in [5, 5.41) is 3.97. The van der Waals surface area contributed by atoms with Gasteiger partial charge in [-0.15, -0.1) is 0 Å². The van der Waals surface area contributed by atoms with Crippen molar-refractivity contribution >= 4 is 33.2 Å². The van der Waals surface area contributed by atoms with Crippen molar-refractivity contribution in [2.75, 3.05) is 30.4 Å². The molecule has 0 amide bonds. The van der Waals surface area contributed by atoms with Crippen molar-refractivity contribution in [3.63, 3.8) is 0 Å². The number of nitrogens with one attached hydrogen (secondary N) is 2. The molecule has 1 aromatic rings. The van der Waals surface area contributed by atoms with Gasteiger partial charge in [-0.25, -0.2) is 13.1 Å².